The lowest BCUT2D eigenvalue weighted by atomic mass is 9.79. The van der Waals surface area contributed by atoms with Crippen LogP contribution in [0, 0.1) is 5.41 Å². The first-order valence-corrected chi connectivity index (χ1v) is 37.1. The topological polar surface area (TPSA) is 193 Å². The molecule has 1 unspecified atom stereocenters. The second-order valence-electron chi connectivity index (χ2n) is 28.1. The van der Waals surface area contributed by atoms with Gasteiger partial charge in [-0.1, -0.05) is 128 Å². The van der Waals surface area contributed by atoms with Crippen molar-refractivity contribution in [3.05, 3.63) is 176 Å². The second-order valence-corrected chi connectivity index (χ2v) is 29.6. The Balaban J connectivity index is 0.000000185. The van der Waals surface area contributed by atoms with E-state index in [4.69, 9.17) is 89.8 Å². The normalized spacial score (nSPS) is 16.2. The third kappa shape index (κ3) is 16.4. The van der Waals surface area contributed by atoms with Gasteiger partial charge in [-0.25, -0.2) is 14.8 Å². The maximum absolute atomic E-state index is 12.9. The van der Waals surface area contributed by atoms with Crippen LogP contribution in [-0.4, -0.2) is 136 Å². The Hall–Kier alpha value is -7.69. The molecule has 10 aromatic rings. The fourth-order valence-electron chi connectivity index (χ4n) is 14.9. The molecule has 4 N–H and O–H groups in total. The van der Waals surface area contributed by atoms with Gasteiger partial charge in [0.15, 0.2) is 0 Å². The van der Waals surface area contributed by atoms with E-state index in [9.17, 15) is 9.90 Å². The molecule has 4 aromatic carbocycles. The summed E-state index contributed by atoms with van der Waals surface area (Å²) in [5.74, 6) is 1.35. The Morgan fingerprint density at radius 3 is 1.35 bits per heavy atom. The zero-order valence-corrected chi connectivity index (χ0v) is 62.5. The van der Waals surface area contributed by atoms with E-state index >= 15 is 0 Å². The number of nitrogens with zero attached hydrogens (tertiary/aromatic N) is 7. The van der Waals surface area contributed by atoms with E-state index in [1.54, 1.807) is 31.5 Å². The van der Waals surface area contributed by atoms with Crippen molar-refractivity contribution >= 4 is 74.6 Å². The van der Waals surface area contributed by atoms with Gasteiger partial charge in [-0.2, -0.15) is 0 Å². The predicted molar refractivity (Wildman–Crippen MR) is 411 cm³/mol. The van der Waals surface area contributed by atoms with Crippen LogP contribution in [0.3, 0.4) is 0 Å². The van der Waals surface area contributed by atoms with Gasteiger partial charge in [-0.15, -0.1) is 0 Å². The van der Waals surface area contributed by atoms with Crippen LogP contribution in [0.4, 0.5) is 4.79 Å². The molecule has 18 nitrogen and oxygen atoms in total. The molecule has 4 aliphatic rings. The number of nitrogens with one attached hydrogen (secondary N) is 3. The first kappa shape index (κ1) is 73.6. The molecular weight excluding hydrogens is 1380 g/mol. The molecule has 0 saturated carbocycles. The zero-order chi connectivity index (χ0) is 71.9. The summed E-state index contributed by atoms with van der Waals surface area (Å²) in [6.07, 6.45) is 14.3. The van der Waals surface area contributed by atoms with E-state index in [1.165, 1.54) is 11.1 Å². The van der Waals surface area contributed by atoms with Crippen molar-refractivity contribution in [3.63, 3.8) is 0 Å². The first-order chi connectivity index (χ1) is 50.0. The second kappa shape index (κ2) is 33.2. The molecule has 0 aliphatic carbocycles. The van der Waals surface area contributed by atoms with E-state index in [0.29, 0.717) is 81.4 Å². The molecule has 0 spiro atoms. The third-order valence-corrected chi connectivity index (χ3v) is 22.0. The van der Waals surface area contributed by atoms with Crippen LogP contribution in [0.25, 0.3) is 89.4 Å². The van der Waals surface area contributed by atoms with Crippen LogP contribution in [0.5, 0.6) is 11.5 Å². The summed E-state index contributed by atoms with van der Waals surface area (Å²) in [7, 11) is 7.36. The van der Waals surface area contributed by atoms with Gasteiger partial charge < -0.3 is 58.6 Å². The Labute approximate surface area is 622 Å². The summed E-state index contributed by atoms with van der Waals surface area (Å²) >= 11 is 28.7. The summed E-state index contributed by atoms with van der Waals surface area (Å²) in [6.45, 7) is 14.4. The fourth-order valence-corrected chi connectivity index (χ4v) is 16.2. The molecule has 6 aromatic heterocycles. The molecule has 0 radical (unpaired) electrons. The van der Waals surface area contributed by atoms with E-state index < -0.39 is 17.6 Å². The smallest absolute Gasteiger partial charge is 0.408 e. The number of amides is 1. The largest absolute Gasteiger partial charge is 0.496 e. The number of hydrogen-bond acceptors (Lipinski definition) is 14. The van der Waals surface area contributed by atoms with Gasteiger partial charge in [0.1, 0.15) is 22.8 Å². The maximum atomic E-state index is 12.9. The van der Waals surface area contributed by atoms with Crippen molar-refractivity contribution in [3.8, 4) is 78.8 Å². The number of ether oxygens (including phenoxy) is 6. The fraction of sp³-hybridized carbons (Fsp3) is 0.395. The maximum Gasteiger partial charge on any atom is 0.408 e. The van der Waals surface area contributed by atoms with Gasteiger partial charge in [0.05, 0.1) is 63.1 Å². The lowest BCUT2D eigenvalue weighted by Crippen LogP contribution is -2.48. The predicted octanol–water partition coefficient (Wildman–Crippen LogP) is 17.6. The number of rotatable bonds is 20. The lowest BCUT2D eigenvalue weighted by molar-refractivity contribution is -0.00191. The Morgan fingerprint density at radius 2 is 0.922 bits per heavy atom. The molecule has 1 amide bonds. The van der Waals surface area contributed by atoms with Crippen molar-refractivity contribution in [1.82, 2.24) is 49.9 Å². The number of pyridine rings is 4. The summed E-state index contributed by atoms with van der Waals surface area (Å²) in [5.41, 5.74) is 14.8. The Morgan fingerprint density at radius 1 is 0.524 bits per heavy atom. The van der Waals surface area contributed by atoms with Gasteiger partial charge in [-0.3, -0.25) is 14.9 Å². The average Bonchev–Trinajstić information content (AvgIpc) is 1.26. The summed E-state index contributed by atoms with van der Waals surface area (Å²) in [5, 5.41) is 25.9. The number of carboxylic acid groups (broad SMARTS) is 1. The van der Waals surface area contributed by atoms with Crippen molar-refractivity contribution in [1.29, 1.82) is 0 Å². The number of methoxy groups -OCH3 is 2. The van der Waals surface area contributed by atoms with Crippen LogP contribution < -0.4 is 25.4 Å². The van der Waals surface area contributed by atoms with Crippen LogP contribution >= 0.6 is 46.4 Å². The number of carbonyl (C=O) groups is 1. The van der Waals surface area contributed by atoms with Crippen LogP contribution in [0.1, 0.15) is 100 Å². The zero-order valence-electron chi connectivity index (χ0n) is 59.5. The highest BCUT2D eigenvalue weighted by Crippen LogP contribution is 2.48. The molecule has 1 atom stereocenters. The number of fused-ring (bicyclic) bond motifs is 2. The van der Waals surface area contributed by atoms with Crippen molar-refractivity contribution in [2.75, 3.05) is 67.1 Å². The van der Waals surface area contributed by atoms with Crippen LogP contribution in [-0.2, 0) is 52.7 Å². The molecule has 103 heavy (non-hydrogen) atoms. The minimum absolute atomic E-state index is 0.167. The van der Waals surface area contributed by atoms with Gasteiger partial charge in [0, 0.05) is 202 Å². The first-order valence-electron chi connectivity index (χ1n) is 35.6. The van der Waals surface area contributed by atoms with Crippen molar-refractivity contribution < 1.29 is 38.3 Å². The molecule has 4 saturated heterocycles. The molecule has 4 fully saturated rings. The number of aromatic nitrogens is 6. The van der Waals surface area contributed by atoms with Crippen LogP contribution in [0.2, 0.25) is 20.1 Å². The Bertz CT molecular complexity index is 4650. The summed E-state index contributed by atoms with van der Waals surface area (Å²) in [6, 6.07) is 36.6. The average molecular weight is 1470 g/mol. The molecule has 22 heteroatoms. The van der Waals surface area contributed by atoms with Crippen molar-refractivity contribution in [2.45, 2.75) is 122 Å². The highest BCUT2D eigenvalue weighted by atomic mass is 35.5. The molecule has 14 rings (SSSR count). The molecule has 4 aliphatic heterocycles. The highest BCUT2D eigenvalue weighted by Gasteiger charge is 2.41. The molecule has 540 valence electrons. The summed E-state index contributed by atoms with van der Waals surface area (Å²) in [4.78, 5) is 34.0. The monoisotopic (exact) mass is 1470 g/mol. The quantitative estimate of drug-likeness (QED) is 0.0563. The van der Waals surface area contributed by atoms with Crippen molar-refractivity contribution in [2.24, 2.45) is 19.5 Å². The molecule has 0 bridgehead atoms. The summed E-state index contributed by atoms with van der Waals surface area (Å²) < 4.78 is 38.0. The van der Waals surface area contributed by atoms with E-state index in [2.05, 4.69) is 87.5 Å². The minimum atomic E-state index is -0.962. The lowest BCUT2D eigenvalue weighted by Gasteiger charge is -2.44. The highest BCUT2D eigenvalue weighted by molar-refractivity contribution is 6.40. The van der Waals surface area contributed by atoms with Crippen LogP contribution in [0.15, 0.2) is 134 Å². The number of aryl methyl sites for hydroxylation is 2. The van der Waals surface area contributed by atoms with E-state index in [0.717, 1.165) is 193 Å². The van der Waals surface area contributed by atoms with Gasteiger partial charge >= 0.3 is 6.09 Å². The third-order valence-electron chi connectivity index (χ3n) is 20.4. The SMILES string of the molecule is COc1cc(-c2nccc(-c3cccc(-c4ccc5c(CNC6CCOCC6)cn(C)c5n4)c3Cl)c2Cl)ccc1C(N(C(=O)O)C1CCOCC1)C(C)(C)C.COc1cc(-c2nccc(-c3cccc(-c4ccc5c(CNC6CCOCC6)cn(C)c5n4)c3Cl)c2Cl)ccc1CNC1CCOCC1. The van der Waals surface area contributed by atoms with Gasteiger partial charge in [0.25, 0.3) is 0 Å². The number of benzene rings is 4. The van der Waals surface area contributed by atoms with E-state index in [-0.39, 0.29) is 6.04 Å². The minimum Gasteiger partial charge on any atom is -0.496 e. The standard InChI is InChI=1S/C43H49Cl2N5O5.C38H41Cl2N5O3/c1-43(2,3)40(50(42(51)52)29-16-21-55-22-17-29)34-10-9-26(23-36(34)53-5)39-38(45)32(13-18-46-39)31-7-6-8-33(37(31)44)35-12-11-30-27(25-49(4)41(30)48-35)24-47-28-14-19-54-20-15-28;1-45-23-26(22-43-28-13-18-48-19-14-28)29-8-9-33(44-38(29)45)32-5-3-4-30(35(32)39)31-10-15-41-37(36(31)40)24-6-7-25(34(20-24)46-2)21-42-27-11-16-47-17-12-27/h6-13,18,23,25,28-29,40,47H,14-17,19-22,24H2,1-5H3,(H,51,52);3-10,15,20,23,27-28,42-43H,11-14,16-19,21-22H2,1-2H3. The van der Waals surface area contributed by atoms with Gasteiger partial charge in [-0.05, 0) is 116 Å². The number of halogens is 4. The molecule has 10 heterocycles. The molecular formula is C81H90Cl4N10O8. The van der Waals surface area contributed by atoms with E-state index in [1.807, 2.05) is 99.0 Å². The Kier molecular flexibility index (Phi) is 23.7. The number of hydrogen-bond donors (Lipinski definition) is 4. The van der Waals surface area contributed by atoms with Gasteiger partial charge in [0.2, 0.25) is 0 Å².